The number of hydrazone groups is 1. The van der Waals surface area contributed by atoms with Crippen molar-refractivity contribution in [2.45, 2.75) is 18.7 Å². The lowest BCUT2D eigenvalue weighted by Crippen LogP contribution is -2.34. The minimum absolute atomic E-state index is 0.00000850. The molecule has 3 aromatic rings. The Hall–Kier alpha value is -2.38. The molecule has 2 atom stereocenters. The Morgan fingerprint density at radius 1 is 1.00 bits per heavy atom. The van der Waals surface area contributed by atoms with Gasteiger partial charge in [-0.2, -0.15) is 5.10 Å². The average molecular weight is 532 g/mol. The van der Waals surface area contributed by atoms with Crippen LogP contribution in [0.1, 0.15) is 35.4 Å². The van der Waals surface area contributed by atoms with Crippen molar-refractivity contribution in [1.82, 2.24) is 5.01 Å². The van der Waals surface area contributed by atoms with Crippen LogP contribution in [0.3, 0.4) is 0 Å². The number of ether oxygens (including phenoxy) is 2. The molecule has 0 amide bonds. The molecule has 2 aliphatic rings. The van der Waals surface area contributed by atoms with Gasteiger partial charge < -0.3 is 9.47 Å². The Morgan fingerprint density at radius 3 is 2.43 bits per heavy atom. The van der Waals surface area contributed by atoms with Gasteiger partial charge in [0.05, 0.1) is 24.4 Å². The third kappa shape index (κ3) is 3.40. The SMILES string of the molecule is COc1ccc(Br)cc1C1Oc2ccc(Br)cc2C2CC(c3ccc(F)cc3)=NN21. The summed E-state index contributed by atoms with van der Waals surface area (Å²) in [6.45, 7) is 0. The quantitative estimate of drug-likeness (QED) is 0.381. The first-order valence-electron chi connectivity index (χ1n) is 9.45. The van der Waals surface area contributed by atoms with Crippen molar-refractivity contribution in [3.63, 3.8) is 0 Å². The van der Waals surface area contributed by atoms with Crippen molar-refractivity contribution in [2.75, 3.05) is 7.11 Å². The van der Waals surface area contributed by atoms with Crippen molar-refractivity contribution < 1.29 is 13.9 Å². The molecule has 2 heterocycles. The smallest absolute Gasteiger partial charge is 0.217 e. The van der Waals surface area contributed by atoms with Crippen molar-refractivity contribution >= 4 is 37.6 Å². The summed E-state index contributed by atoms with van der Waals surface area (Å²) in [7, 11) is 1.65. The van der Waals surface area contributed by atoms with Gasteiger partial charge in [0.1, 0.15) is 17.3 Å². The summed E-state index contributed by atoms with van der Waals surface area (Å²) >= 11 is 7.12. The predicted molar refractivity (Wildman–Crippen MR) is 120 cm³/mol. The number of nitrogens with zero attached hydrogens (tertiary/aromatic N) is 2. The van der Waals surface area contributed by atoms with E-state index in [1.165, 1.54) is 12.1 Å². The second-order valence-electron chi connectivity index (χ2n) is 7.19. The number of halogens is 3. The van der Waals surface area contributed by atoms with E-state index in [4.69, 9.17) is 14.6 Å². The van der Waals surface area contributed by atoms with Crippen LogP contribution in [0.25, 0.3) is 0 Å². The van der Waals surface area contributed by atoms with Gasteiger partial charge in [-0.25, -0.2) is 9.40 Å². The zero-order valence-corrected chi connectivity index (χ0v) is 19.2. The van der Waals surface area contributed by atoms with Gasteiger partial charge in [-0.05, 0) is 54.1 Å². The van der Waals surface area contributed by atoms with E-state index in [9.17, 15) is 4.39 Å². The zero-order chi connectivity index (χ0) is 20.8. The van der Waals surface area contributed by atoms with Crippen LogP contribution in [-0.2, 0) is 0 Å². The molecule has 0 spiro atoms. The molecule has 0 aromatic heterocycles. The van der Waals surface area contributed by atoms with Gasteiger partial charge in [-0.3, -0.25) is 0 Å². The number of hydrogen-bond acceptors (Lipinski definition) is 4. The van der Waals surface area contributed by atoms with E-state index in [1.54, 1.807) is 19.2 Å². The minimum Gasteiger partial charge on any atom is -0.496 e. The third-order valence-electron chi connectivity index (χ3n) is 5.39. The maximum Gasteiger partial charge on any atom is 0.217 e. The molecule has 30 heavy (non-hydrogen) atoms. The maximum absolute atomic E-state index is 13.4. The molecule has 7 heteroatoms. The highest BCUT2D eigenvalue weighted by molar-refractivity contribution is 9.10. The van der Waals surface area contributed by atoms with Gasteiger partial charge in [-0.15, -0.1) is 0 Å². The van der Waals surface area contributed by atoms with Crippen molar-refractivity contribution in [3.05, 3.63) is 92.1 Å². The summed E-state index contributed by atoms with van der Waals surface area (Å²) in [6.07, 6.45) is 0.250. The van der Waals surface area contributed by atoms with Gasteiger partial charge >= 0.3 is 0 Å². The van der Waals surface area contributed by atoms with Crippen LogP contribution in [0.4, 0.5) is 4.39 Å². The Kier molecular flexibility index (Phi) is 5.03. The molecule has 0 bridgehead atoms. The van der Waals surface area contributed by atoms with Gasteiger partial charge in [-0.1, -0.05) is 44.0 Å². The fourth-order valence-corrected chi connectivity index (χ4v) is 4.74. The molecule has 0 radical (unpaired) electrons. The number of methoxy groups -OCH3 is 1. The monoisotopic (exact) mass is 530 g/mol. The fourth-order valence-electron chi connectivity index (χ4n) is 3.98. The molecule has 0 N–H and O–H groups in total. The summed E-state index contributed by atoms with van der Waals surface area (Å²) in [5.41, 5.74) is 3.75. The van der Waals surface area contributed by atoms with Gasteiger partial charge in [0, 0.05) is 20.9 Å². The van der Waals surface area contributed by atoms with Crippen molar-refractivity contribution in [3.8, 4) is 11.5 Å². The fraction of sp³-hybridized carbons (Fsp3) is 0.174. The number of benzene rings is 3. The van der Waals surface area contributed by atoms with Gasteiger partial charge in [0.25, 0.3) is 0 Å². The van der Waals surface area contributed by atoms with Crippen LogP contribution in [0.15, 0.2) is 74.7 Å². The predicted octanol–water partition coefficient (Wildman–Crippen LogP) is 6.60. The average Bonchev–Trinajstić information content (AvgIpc) is 3.19. The van der Waals surface area contributed by atoms with Crippen LogP contribution in [0, 0.1) is 5.82 Å². The summed E-state index contributed by atoms with van der Waals surface area (Å²) in [6, 6.07) is 18.3. The van der Waals surface area contributed by atoms with E-state index in [0.29, 0.717) is 6.42 Å². The second kappa shape index (κ2) is 7.71. The van der Waals surface area contributed by atoms with Crippen LogP contribution in [-0.4, -0.2) is 17.8 Å². The Balaban J connectivity index is 1.64. The number of fused-ring (bicyclic) bond motifs is 3. The van der Waals surface area contributed by atoms with E-state index in [0.717, 1.165) is 42.8 Å². The van der Waals surface area contributed by atoms with E-state index < -0.39 is 6.23 Å². The first-order valence-corrected chi connectivity index (χ1v) is 11.0. The Bertz CT molecular complexity index is 1150. The maximum atomic E-state index is 13.4. The molecule has 0 saturated heterocycles. The number of hydrogen-bond donors (Lipinski definition) is 0. The van der Waals surface area contributed by atoms with Crippen molar-refractivity contribution in [1.29, 1.82) is 0 Å². The molecule has 4 nitrogen and oxygen atoms in total. The highest BCUT2D eigenvalue weighted by Crippen LogP contribution is 2.49. The first kappa shape index (κ1) is 19.6. The third-order valence-corrected chi connectivity index (χ3v) is 6.37. The van der Waals surface area contributed by atoms with E-state index in [1.807, 2.05) is 35.3 Å². The molecule has 2 aliphatic heterocycles. The molecule has 5 rings (SSSR count). The van der Waals surface area contributed by atoms with Crippen LogP contribution >= 0.6 is 31.9 Å². The summed E-state index contributed by atoms with van der Waals surface area (Å²) in [4.78, 5) is 0. The molecule has 2 unspecified atom stereocenters. The largest absolute Gasteiger partial charge is 0.496 e. The molecular weight excluding hydrogens is 515 g/mol. The molecule has 0 fully saturated rings. The number of rotatable bonds is 3. The second-order valence-corrected chi connectivity index (χ2v) is 9.02. The normalized spacial score (nSPS) is 19.6. The van der Waals surface area contributed by atoms with E-state index in [-0.39, 0.29) is 11.9 Å². The van der Waals surface area contributed by atoms with Crippen LogP contribution < -0.4 is 9.47 Å². The zero-order valence-electron chi connectivity index (χ0n) is 16.0. The first-order chi connectivity index (χ1) is 14.5. The van der Waals surface area contributed by atoms with E-state index in [2.05, 4.69) is 37.9 Å². The highest BCUT2D eigenvalue weighted by atomic mass is 79.9. The molecule has 0 aliphatic carbocycles. The van der Waals surface area contributed by atoms with Crippen molar-refractivity contribution in [2.24, 2.45) is 5.10 Å². The Labute approximate surface area is 190 Å². The molecule has 152 valence electrons. The van der Waals surface area contributed by atoms with Gasteiger partial charge in [0.15, 0.2) is 0 Å². The van der Waals surface area contributed by atoms with Crippen LogP contribution in [0.5, 0.6) is 11.5 Å². The lowest BCUT2D eigenvalue weighted by molar-refractivity contribution is -0.0204. The highest BCUT2D eigenvalue weighted by Gasteiger charge is 2.42. The van der Waals surface area contributed by atoms with Gasteiger partial charge in [0.2, 0.25) is 6.23 Å². The summed E-state index contributed by atoms with van der Waals surface area (Å²) in [5, 5.41) is 6.90. The molecule has 0 saturated carbocycles. The topological polar surface area (TPSA) is 34.1 Å². The lowest BCUT2D eigenvalue weighted by Gasteiger charge is -2.38. The summed E-state index contributed by atoms with van der Waals surface area (Å²) in [5.74, 6) is 1.29. The molecule has 3 aromatic carbocycles. The summed E-state index contributed by atoms with van der Waals surface area (Å²) < 4.78 is 27.4. The minimum atomic E-state index is -0.450. The van der Waals surface area contributed by atoms with Crippen LogP contribution in [0.2, 0.25) is 0 Å². The lowest BCUT2D eigenvalue weighted by atomic mass is 9.96. The molecular formula is C23H17Br2FN2O2. The Morgan fingerprint density at radius 2 is 1.70 bits per heavy atom. The van der Waals surface area contributed by atoms with E-state index >= 15 is 0 Å². The standard InChI is InChI=1S/C23H17Br2FN2O2/c1-29-21-8-4-15(25)11-18(21)23-28-20(17-10-14(24)5-9-22(17)30-23)12-19(27-28)13-2-6-16(26)7-3-13/h2-11,20,23H,12H2,1H3.